The Kier molecular flexibility index (Phi) is 4.17. The Balaban J connectivity index is 2.21. The number of methoxy groups -OCH3 is 1. The van der Waals surface area contributed by atoms with Gasteiger partial charge in [0.25, 0.3) is 5.56 Å². The molecule has 0 unspecified atom stereocenters. The predicted molar refractivity (Wildman–Crippen MR) is 89.7 cm³/mol. The number of benzene rings is 2. The molecule has 0 bridgehead atoms. The molecule has 0 fully saturated rings. The van der Waals surface area contributed by atoms with E-state index in [-0.39, 0.29) is 12.2 Å². The van der Waals surface area contributed by atoms with Crippen molar-refractivity contribution in [3.05, 3.63) is 58.6 Å². The third-order valence-corrected chi connectivity index (χ3v) is 3.62. The molecule has 0 saturated carbocycles. The fraction of sp³-hybridized carbons (Fsp3) is 0.167. The van der Waals surface area contributed by atoms with Crippen LogP contribution in [0.25, 0.3) is 16.6 Å². The second kappa shape index (κ2) is 6.42. The van der Waals surface area contributed by atoms with Crippen LogP contribution in [0.3, 0.4) is 0 Å². The second-order valence-corrected chi connectivity index (χ2v) is 5.13. The monoisotopic (exact) mass is 321 g/mol. The van der Waals surface area contributed by atoms with Crippen LogP contribution in [0.4, 0.5) is 0 Å². The normalized spacial score (nSPS) is 10.4. The summed E-state index contributed by atoms with van der Waals surface area (Å²) in [6, 6.07) is 14.1. The van der Waals surface area contributed by atoms with Crippen molar-refractivity contribution in [1.82, 2.24) is 9.55 Å². The van der Waals surface area contributed by atoms with E-state index in [4.69, 9.17) is 14.7 Å². The van der Waals surface area contributed by atoms with E-state index < -0.39 is 0 Å². The number of aromatic nitrogens is 2. The number of fused-ring (bicyclic) bond motifs is 1. The molecule has 0 aliphatic heterocycles. The van der Waals surface area contributed by atoms with Gasteiger partial charge in [0.15, 0.2) is 6.61 Å². The van der Waals surface area contributed by atoms with Crippen LogP contribution in [-0.4, -0.2) is 23.3 Å². The van der Waals surface area contributed by atoms with Crippen LogP contribution in [-0.2, 0) is 0 Å². The molecule has 6 nitrogen and oxygen atoms in total. The maximum Gasteiger partial charge on any atom is 0.266 e. The molecule has 0 radical (unpaired) electrons. The van der Waals surface area contributed by atoms with Gasteiger partial charge in [-0.2, -0.15) is 5.26 Å². The van der Waals surface area contributed by atoms with E-state index in [9.17, 15) is 4.79 Å². The molecule has 6 heteroatoms. The third kappa shape index (κ3) is 2.79. The van der Waals surface area contributed by atoms with Crippen LogP contribution >= 0.6 is 0 Å². The van der Waals surface area contributed by atoms with Crippen LogP contribution in [0.5, 0.6) is 11.5 Å². The highest BCUT2D eigenvalue weighted by molar-refractivity contribution is 5.79. The van der Waals surface area contributed by atoms with Crippen molar-refractivity contribution in [2.45, 2.75) is 6.92 Å². The van der Waals surface area contributed by atoms with Gasteiger partial charge in [-0.1, -0.05) is 6.07 Å². The molecule has 0 aliphatic rings. The summed E-state index contributed by atoms with van der Waals surface area (Å²) >= 11 is 0. The van der Waals surface area contributed by atoms with Crippen molar-refractivity contribution in [3.8, 4) is 23.3 Å². The third-order valence-electron chi connectivity index (χ3n) is 3.62. The van der Waals surface area contributed by atoms with Crippen LogP contribution in [0.2, 0.25) is 0 Å². The Bertz CT molecular complexity index is 1000. The van der Waals surface area contributed by atoms with Crippen molar-refractivity contribution >= 4 is 10.9 Å². The van der Waals surface area contributed by atoms with Gasteiger partial charge in [-0.05, 0) is 37.3 Å². The molecule has 1 heterocycles. The molecule has 120 valence electrons. The van der Waals surface area contributed by atoms with E-state index in [1.807, 2.05) is 24.3 Å². The van der Waals surface area contributed by atoms with E-state index in [1.165, 1.54) is 4.57 Å². The maximum absolute atomic E-state index is 12.9. The van der Waals surface area contributed by atoms with E-state index in [0.29, 0.717) is 33.9 Å². The van der Waals surface area contributed by atoms with Gasteiger partial charge in [0.1, 0.15) is 23.4 Å². The van der Waals surface area contributed by atoms with Crippen molar-refractivity contribution < 1.29 is 9.47 Å². The summed E-state index contributed by atoms with van der Waals surface area (Å²) in [6.45, 7) is 1.70. The van der Waals surface area contributed by atoms with Crippen molar-refractivity contribution in [2.75, 3.05) is 13.7 Å². The second-order valence-electron chi connectivity index (χ2n) is 5.13. The quantitative estimate of drug-likeness (QED) is 0.738. The molecule has 0 N–H and O–H groups in total. The SMILES string of the molecule is COc1cccc(-n2c(C)nc3ccc(OCC#N)cc3c2=O)c1. The van der Waals surface area contributed by atoms with Crippen molar-refractivity contribution in [2.24, 2.45) is 0 Å². The Labute approximate surface area is 138 Å². The average molecular weight is 321 g/mol. The summed E-state index contributed by atoms with van der Waals surface area (Å²) in [5.41, 5.74) is 1.06. The summed E-state index contributed by atoms with van der Waals surface area (Å²) in [5.74, 6) is 1.69. The lowest BCUT2D eigenvalue weighted by atomic mass is 10.2. The molecule has 1 aromatic heterocycles. The fourth-order valence-electron chi connectivity index (χ4n) is 2.53. The first-order chi connectivity index (χ1) is 11.6. The zero-order chi connectivity index (χ0) is 17.1. The number of nitrogens with zero attached hydrogens (tertiary/aromatic N) is 3. The summed E-state index contributed by atoms with van der Waals surface area (Å²) in [7, 11) is 1.58. The van der Waals surface area contributed by atoms with Gasteiger partial charge in [0, 0.05) is 6.07 Å². The van der Waals surface area contributed by atoms with Gasteiger partial charge in [-0.3, -0.25) is 9.36 Å². The first-order valence-electron chi connectivity index (χ1n) is 7.31. The first kappa shape index (κ1) is 15.6. The lowest BCUT2D eigenvalue weighted by Crippen LogP contribution is -2.22. The number of hydrogen-bond donors (Lipinski definition) is 0. The summed E-state index contributed by atoms with van der Waals surface area (Å²) in [6.07, 6.45) is 0. The van der Waals surface area contributed by atoms with Crippen LogP contribution in [0, 0.1) is 18.3 Å². The topological polar surface area (TPSA) is 77.1 Å². The summed E-state index contributed by atoms with van der Waals surface area (Å²) < 4.78 is 12.0. The lowest BCUT2D eigenvalue weighted by molar-refractivity contribution is 0.368. The molecule has 0 aliphatic carbocycles. The average Bonchev–Trinajstić information content (AvgIpc) is 2.60. The zero-order valence-electron chi connectivity index (χ0n) is 13.3. The van der Waals surface area contributed by atoms with Gasteiger partial charge in [-0.15, -0.1) is 0 Å². The molecule has 2 aromatic carbocycles. The van der Waals surface area contributed by atoms with Gasteiger partial charge >= 0.3 is 0 Å². The predicted octanol–water partition coefficient (Wildman–Crippen LogP) is 2.61. The Morgan fingerprint density at radius 2 is 2.04 bits per heavy atom. The van der Waals surface area contributed by atoms with Gasteiger partial charge in [0.05, 0.1) is 23.7 Å². The standard InChI is InChI=1S/C18H15N3O3/c1-12-20-17-7-6-15(24-9-8-19)11-16(17)18(22)21(12)13-4-3-5-14(10-13)23-2/h3-7,10-11H,9H2,1-2H3. The number of nitriles is 1. The molecule has 3 rings (SSSR count). The minimum atomic E-state index is -0.201. The molecule has 0 spiro atoms. The van der Waals surface area contributed by atoms with Crippen LogP contribution in [0.15, 0.2) is 47.3 Å². The Hall–Kier alpha value is -3.33. The van der Waals surface area contributed by atoms with Gasteiger partial charge in [0.2, 0.25) is 0 Å². The lowest BCUT2D eigenvalue weighted by Gasteiger charge is -2.12. The van der Waals surface area contributed by atoms with Crippen molar-refractivity contribution in [3.63, 3.8) is 0 Å². The fourth-order valence-corrected chi connectivity index (χ4v) is 2.53. The number of rotatable bonds is 4. The summed E-state index contributed by atoms with van der Waals surface area (Å²) in [5, 5.41) is 9.04. The highest BCUT2D eigenvalue weighted by Gasteiger charge is 2.11. The van der Waals surface area contributed by atoms with Crippen LogP contribution in [0.1, 0.15) is 5.82 Å². The summed E-state index contributed by atoms with van der Waals surface area (Å²) in [4.78, 5) is 17.4. The number of hydrogen-bond acceptors (Lipinski definition) is 5. The molecule has 24 heavy (non-hydrogen) atoms. The maximum atomic E-state index is 12.9. The zero-order valence-corrected chi connectivity index (χ0v) is 13.3. The minimum Gasteiger partial charge on any atom is -0.497 e. The largest absolute Gasteiger partial charge is 0.497 e. The minimum absolute atomic E-state index is 0.0745. The number of aryl methyl sites for hydroxylation is 1. The molecule has 0 amide bonds. The smallest absolute Gasteiger partial charge is 0.266 e. The van der Waals surface area contributed by atoms with E-state index in [0.717, 1.165) is 0 Å². The molecule has 0 atom stereocenters. The molecule has 3 aromatic rings. The van der Waals surface area contributed by atoms with Gasteiger partial charge < -0.3 is 9.47 Å². The molecular weight excluding hydrogens is 306 g/mol. The van der Waals surface area contributed by atoms with Gasteiger partial charge in [-0.25, -0.2) is 4.98 Å². The van der Waals surface area contributed by atoms with E-state index >= 15 is 0 Å². The molecular formula is C18H15N3O3. The van der Waals surface area contributed by atoms with E-state index in [1.54, 1.807) is 38.3 Å². The number of ether oxygens (including phenoxy) is 2. The van der Waals surface area contributed by atoms with E-state index in [2.05, 4.69) is 4.98 Å². The van der Waals surface area contributed by atoms with Crippen LogP contribution < -0.4 is 15.0 Å². The highest BCUT2D eigenvalue weighted by Crippen LogP contribution is 2.20. The first-order valence-corrected chi connectivity index (χ1v) is 7.31. The highest BCUT2D eigenvalue weighted by atomic mass is 16.5. The van der Waals surface area contributed by atoms with Crippen molar-refractivity contribution in [1.29, 1.82) is 5.26 Å². The molecule has 0 saturated heterocycles. The Morgan fingerprint density at radius 3 is 2.79 bits per heavy atom. The Morgan fingerprint density at radius 1 is 1.21 bits per heavy atom.